The van der Waals surface area contributed by atoms with Crippen molar-refractivity contribution in [2.45, 2.75) is 52.0 Å². The van der Waals surface area contributed by atoms with Gasteiger partial charge in [0.2, 0.25) is 0 Å². The van der Waals surface area contributed by atoms with Crippen molar-refractivity contribution in [1.29, 1.82) is 0 Å². The summed E-state index contributed by atoms with van der Waals surface area (Å²) < 4.78 is 5.15. The number of hydrogen-bond acceptors (Lipinski definition) is 3. The molecule has 1 aliphatic heterocycles. The predicted molar refractivity (Wildman–Crippen MR) is 105 cm³/mol. The third kappa shape index (κ3) is 10.6. The summed E-state index contributed by atoms with van der Waals surface area (Å²) >= 11 is 0. The molecule has 1 fully saturated rings. The second kappa shape index (κ2) is 14.5. The molecule has 6 heteroatoms. The fraction of sp³-hybridized carbons (Fsp3) is 0.938. The summed E-state index contributed by atoms with van der Waals surface area (Å²) in [5.41, 5.74) is 0. The van der Waals surface area contributed by atoms with Gasteiger partial charge in [-0.15, -0.1) is 24.0 Å². The van der Waals surface area contributed by atoms with Gasteiger partial charge in [0, 0.05) is 26.2 Å². The second-order valence-corrected chi connectivity index (χ2v) is 5.87. The van der Waals surface area contributed by atoms with Gasteiger partial charge in [0.25, 0.3) is 0 Å². The standard InChI is InChI=1S/C16H34N4O.HI/c1-4-17-16(19-15(2)14-21-3)18-10-9-13-20-11-7-5-6-8-12-20;/h15H,4-14H2,1-3H3,(H2,17,18,19);1H. The number of hydrogen-bond donors (Lipinski definition) is 2. The summed E-state index contributed by atoms with van der Waals surface area (Å²) in [6, 6.07) is 0.276. The highest BCUT2D eigenvalue weighted by Crippen LogP contribution is 2.09. The molecule has 132 valence electrons. The maximum atomic E-state index is 5.15. The molecule has 0 aromatic heterocycles. The summed E-state index contributed by atoms with van der Waals surface area (Å²) in [4.78, 5) is 7.25. The van der Waals surface area contributed by atoms with Crippen LogP contribution in [-0.4, -0.2) is 63.3 Å². The summed E-state index contributed by atoms with van der Waals surface area (Å²) in [6.07, 6.45) is 6.67. The highest BCUT2D eigenvalue weighted by molar-refractivity contribution is 14.0. The molecule has 1 heterocycles. The van der Waals surface area contributed by atoms with Crippen LogP contribution in [0.15, 0.2) is 4.99 Å². The quantitative estimate of drug-likeness (QED) is 0.271. The molecule has 1 saturated heterocycles. The van der Waals surface area contributed by atoms with Gasteiger partial charge in [0.1, 0.15) is 0 Å². The molecule has 1 aliphatic rings. The molecule has 2 N–H and O–H groups in total. The van der Waals surface area contributed by atoms with Crippen molar-refractivity contribution in [3.63, 3.8) is 0 Å². The Morgan fingerprint density at radius 3 is 2.50 bits per heavy atom. The number of methoxy groups -OCH3 is 1. The van der Waals surface area contributed by atoms with Gasteiger partial charge < -0.3 is 20.3 Å². The predicted octanol–water partition coefficient (Wildman–Crippen LogP) is 2.46. The first-order valence-electron chi connectivity index (χ1n) is 8.52. The van der Waals surface area contributed by atoms with E-state index in [9.17, 15) is 0 Å². The molecule has 0 bridgehead atoms. The normalized spacial score (nSPS) is 18.2. The van der Waals surface area contributed by atoms with Gasteiger partial charge >= 0.3 is 0 Å². The third-order valence-corrected chi connectivity index (χ3v) is 3.75. The number of aliphatic imine (C=N–C) groups is 1. The van der Waals surface area contributed by atoms with E-state index in [0.29, 0.717) is 6.61 Å². The minimum atomic E-state index is 0. The zero-order valence-electron chi connectivity index (χ0n) is 14.6. The number of nitrogens with zero attached hydrogens (tertiary/aromatic N) is 2. The van der Waals surface area contributed by atoms with Gasteiger partial charge in [-0.3, -0.25) is 4.99 Å². The molecule has 0 aromatic carbocycles. The van der Waals surface area contributed by atoms with E-state index < -0.39 is 0 Å². The van der Waals surface area contributed by atoms with E-state index in [4.69, 9.17) is 4.74 Å². The SMILES string of the molecule is CCNC(=NCCCN1CCCCCC1)NC(C)COC.I. The third-order valence-electron chi connectivity index (χ3n) is 3.75. The van der Waals surface area contributed by atoms with E-state index in [1.807, 2.05) is 0 Å². The lowest BCUT2D eigenvalue weighted by atomic mass is 10.2. The zero-order valence-corrected chi connectivity index (χ0v) is 16.9. The van der Waals surface area contributed by atoms with Crippen molar-refractivity contribution in [2.75, 3.05) is 46.4 Å². The Hall–Kier alpha value is -0.0800. The average molecular weight is 426 g/mol. The maximum Gasteiger partial charge on any atom is 0.191 e. The van der Waals surface area contributed by atoms with Crippen molar-refractivity contribution >= 4 is 29.9 Å². The van der Waals surface area contributed by atoms with Gasteiger partial charge in [-0.1, -0.05) is 12.8 Å². The molecule has 1 atom stereocenters. The maximum absolute atomic E-state index is 5.15. The molecule has 0 saturated carbocycles. The zero-order chi connectivity index (χ0) is 15.3. The molecule has 1 rings (SSSR count). The summed E-state index contributed by atoms with van der Waals surface area (Å²) in [7, 11) is 1.73. The fourth-order valence-electron chi connectivity index (χ4n) is 2.69. The van der Waals surface area contributed by atoms with Gasteiger partial charge in [-0.2, -0.15) is 0 Å². The first kappa shape index (κ1) is 21.9. The summed E-state index contributed by atoms with van der Waals surface area (Å²) in [5, 5.41) is 6.66. The minimum absolute atomic E-state index is 0. The van der Waals surface area contributed by atoms with E-state index in [2.05, 4.69) is 34.4 Å². The van der Waals surface area contributed by atoms with Crippen molar-refractivity contribution < 1.29 is 4.74 Å². The number of halogens is 1. The van der Waals surface area contributed by atoms with E-state index in [-0.39, 0.29) is 30.0 Å². The van der Waals surface area contributed by atoms with Crippen LogP contribution in [0.2, 0.25) is 0 Å². The first-order valence-corrected chi connectivity index (χ1v) is 8.52. The largest absolute Gasteiger partial charge is 0.383 e. The first-order chi connectivity index (χ1) is 10.3. The lowest BCUT2D eigenvalue weighted by Gasteiger charge is -2.19. The smallest absolute Gasteiger partial charge is 0.191 e. The van der Waals surface area contributed by atoms with Crippen LogP contribution in [-0.2, 0) is 4.74 Å². The van der Waals surface area contributed by atoms with Crippen LogP contribution in [0, 0.1) is 0 Å². The molecule has 0 aliphatic carbocycles. The molecule has 5 nitrogen and oxygen atoms in total. The van der Waals surface area contributed by atoms with Crippen LogP contribution >= 0.6 is 24.0 Å². The Morgan fingerprint density at radius 1 is 1.23 bits per heavy atom. The van der Waals surface area contributed by atoms with E-state index >= 15 is 0 Å². The van der Waals surface area contributed by atoms with Gasteiger partial charge in [0.05, 0.1) is 6.61 Å². The minimum Gasteiger partial charge on any atom is -0.383 e. The molecule has 1 unspecified atom stereocenters. The monoisotopic (exact) mass is 426 g/mol. The Kier molecular flexibility index (Phi) is 14.5. The Morgan fingerprint density at radius 2 is 1.91 bits per heavy atom. The molecular weight excluding hydrogens is 391 g/mol. The van der Waals surface area contributed by atoms with Crippen LogP contribution in [0.4, 0.5) is 0 Å². The Labute approximate surface area is 153 Å². The van der Waals surface area contributed by atoms with Crippen molar-refractivity contribution in [3.05, 3.63) is 0 Å². The Balaban J connectivity index is 0.00000441. The topological polar surface area (TPSA) is 48.9 Å². The van der Waals surface area contributed by atoms with Crippen LogP contribution in [0.5, 0.6) is 0 Å². The summed E-state index contributed by atoms with van der Waals surface area (Å²) in [6.45, 7) is 10.4. The highest BCUT2D eigenvalue weighted by atomic mass is 127. The molecule has 0 aromatic rings. The van der Waals surface area contributed by atoms with E-state index in [1.54, 1.807) is 7.11 Å². The lowest BCUT2D eigenvalue weighted by molar-refractivity contribution is 0.179. The number of rotatable bonds is 8. The van der Waals surface area contributed by atoms with Crippen LogP contribution in [0.3, 0.4) is 0 Å². The number of guanidine groups is 1. The van der Waals surface area contributed by atoms with Gasteiger partial charge in [-0.05, 0) is 52.7 Å². The molecule has 0 amide bonds. The van der Waals surface area contributed by atoms with Crippen molar-refractivity contribution in [1.82, 2.24) is 15.5 Å². The van der Waals surface area contributed by atoms with Crippen molar-refractivity contribution in [2.24, 2.45) is 4.99 Å². The average Bonchev–Trinajstić information content (AvgIpc) is 2.72. The van der Waals surface area contributed by atoms with Gasteiger partial charge in [0.15, 0.2) is 5.96 Å². The Bertz CT molecular complexity index is 281. The van der Waals surface area contributed by atoms with Gasteiger partial charge in [-0.25, -0.2) is 0 Å². The van der Waals surface area contributed by atoms with Crippen LogP contribution in [0.25, 0.3) is 0 Å². The molecule has 22 heavy (non-hydrogen) atoms. The number of nitrogens with one attached hydrogen (secondary N) is 2. The fourth-order valence-corrected chi connectivity index (χ4v) is 2.69. The van der Waals surface area contributed by atoms with E-state index in [0.717, 1.165) is 25.5 Å². The highest BCUT2D eigenvalue weighted by Gasteiger charge is 2.08. The molecule has 0 spiro atoms. The van der Waals surface area contributed by atoms with Crippen LogP contribution in [0.1, 0.15) is 46.0 Å². The number of likely N-dealkylation sites (tertiary alicyclic amines) is 1. The van der Waals surface area contributed by atoms with Crippen molar-refractivity contribution in [3.8, 4) is 0 Å². The molecule has 0 radical (unpaired) electrons. The summed E-state index contributed by atoms with van der Waals surface area (Å²) in [5.74, 6) is 0.901. The molecular formula is C16H35IN4O. The van der Waals surface area contributed by atoms with Crippen LogP contribution < -0.4 is 10.6 Å². The van der Waals surface area contributed by atoms with E-state index in [1.165, 1.54) is 45.3 Å². The second-order valence-electron chi connectivity index (χ2n) is 5.87. The number of ether oxygens (including phenoxy) is 1. The lowest BCUT2D eigenvalue weighted by Crippen LogP contribution is -2.44.